The van der Waals surface area contributed by atoms with Gasteiger partial charge in [-0.1, -0.05) is 32.4 Å². The van der Waals surface area contributed by atoms with Gasteiger partial charge in [0.2, 0.25) is 0 Å². The first-order valence-corrected chi connectivity index (χ1v) is 8.39. The Bertz CT molecular complexity index is 362. The first kappa shape index (κ1) is 15.5. The second kappa shape index (κ2) is 6.70. The number of carbonyl (C=O) groups excluding carboxylic acids is 1. The van der Waals surface area contributed by atoms with Crippen LogP contribution in [0.4, 0.5) is 0 Å². The number of allylic oxidation sites excluding steroid dienone is 1. The topological polar surface area (TPSA) is 35.5 Å². The molecule has 2 aliphatic rings. The molecule has 19 heavy (non-hydrogen) atoms. The Morgan fingerprint density at radius 2 is 2.32 bits per heavy atom. The number of rotatable bonds is 5. The van der Waals surface area contributed by atoms with Crippen LogP contribution in [0.2, 0.25) is 0 Å². The first-order valence-electron chi connectivity index (χ1n) is 7.05. The van der Waals surface area contributed by atoms with Crippen molar-refractivity contribution in [2.24, 2.45) is 17.8 Å². The van der Waals surface area contributed by atoms with Crippen molar-refractivity contribution >= 4 is 30.6 Å². The van der Waals surface area contributed by atoms with Crippen molar-refractivity contribution in [2.75, 3.05) is 0 Å². The minimum atomic E-state index is -0.0521. The van der Waals surface area contributed by atoms with E-state index in [2.05, 4.69) is 44.2 Å². The molecule has 0 radical (unpaired) electrons. The lowest BCUT2D eigenvalue weighted by Gasteiger charge is -2.22. The standard InChI is InChI=1S/C13H23BO3P2/c1-3-8(2)4-5-9-10-6-13(15)16-11(10)7-12(9)17-14(18)19/h4-5,8-12H,3,6-7,18-19H2,1-2H3/b5-4+/t8-,9-,10-,11+,12-/m1/s1. The molecule has 0 amide bonds. The van der Waals surface area contributed by atoms with Crippen molar-refractivity contribution in [1.82, 2.24) is 0 Å². The van der Waals surface area contributed by atoms with E-state index in [0.717, 1.165) is 12.8 Å². The van der Waals surface area contributed by atoms with E-state index in [4.69, 9.17) is 9.39 Å². The minimum absolute atomic E-state index is 0.0521. The highest BCUT2D eigenvalue weighted by Gasteiger charge is 2.49. The number of ether oxygens (including phenoxy) is 1. The van der Waals surface area contributed by atoms with Crippen molar-refractivity contribution in [3.05, 3.63) is 12.2 Å². The molecular weight excluding hydrogens is 277 g/mol. The maximum atomic E-state index is 11.4. The molecule has 0 N–H and O–H groups in total. The van der Waals surface area contributed by atoms with Crippen LogP contribution in [-0.4, -0.2) is 24.5 Å². The van der Waals surface area contributed by atoms with Crippen LogP contribution in [0.15, 0.2) is 12.2 Å². The van der Waals surface area contributed by atoms with E-state index in [-0.39, 0.29) is 24.5 Å². The average Bonchev–Trinajstić information content (AvgIpc) is 2.81. The summed E-state index contributed by atoms with van der Waals surface area (Å²) >= 11 is 0. The first-order chi connectivity index (χ1) is 9.01. The van der Waals surface area contributed by atoms with Crippen molar-refractivity contribution in [2.45, 2.75) is 45.3 Å². The number of esters is 1. The number of hydrogen-bond acceptors (Lipinski definition) is 3. The van der Waals surface area contributed by atoms with E-state index >= 15 is 0 Å². The highest BCUT2D eigenvalue weighted by Crippen LogP contribution is 2.44. The Balaban J connectivity index is 2.08. The molecule has 2 rings (SSSR count). The molecule has 0 bridgehead atoms. The maximum absolute atomic E-state index is 11.4. The van der Waals surface area contributed by atoms with E-state index in [9.17, 15) is 4.79 Å². The van der Waals surface area contributed by atoms with Crippen LogP contribution in [-0.2, 0) is 14.2 Å². The second-order valence-electron chi connectivity index (χ2n) is 5.62. The predicted molar refractivity (Wildman–Crippen MR) is 84.7 cm³/mol. The van der Waals surface area contributed by atoms with Gasteiger partial charge < -0.3 is 9.39 Å². The van der Waals surface area contributed by atoms with Crippen LogP contribution in [0, 0.1) is 17.8 Å². The van der Waals surface area contributed by atoms with E-state index in [1.165, 1.54) is 0 Å². The normalized spacial score (nSPS) is 35.5. The molecule has 0 aromatic heterocycles. The molecule has 0 spiro atoms. The maximum Gasteiger partial charge on any atom is 0.336 e. The molecule has 0 aromatic rings. The zero-order valence-electron chi connectivity index (χ0n) is 11.6. The second-order valence-corrected chi connectivity index (χ2v) is 7.70. The zero-order valence-corrected chi connectivity index (χ0v) is 13.9. The van der Waals surface area contributed by atoms with E-state index in [1.54, 1.807) is 0 Å². The minimum Gasteiger partial charge on any atom is -0.462 e. The molecule has 2 fully saturated rings. The van der Waals surface area contributed by atoms with Crippen molar-refractivity contribution in [3.8, 4) is 0 Å². The van der Waals surface area contributed by atoms with Gasteiger partial charge in [0.05, 0.1) is 12.5 Å². The third-order valence-corrected chi connectivity index (χ3v) is 4.50. The van der Waals surface area contributed by atoms with Gasteiger partial charge in [-0.25, -0.2) is 0 Å². The van der Waals surface area contributed by atoms with Gasteiger partial charge in [-0.05, 0) is 5.92 Å². The summed E-state index contributed by atoms with van der Waals surface area (Å²) in [5.41, 5.74) is 0. The van der Waals surface area contributed by atoms with Crippen LogP contribution < -0.4 is 0 Å². The van der Waals surface area contributed by atoms with Crippen molar-refractivity contribution < 1.29 is 14.2 Å². The van der Waals surface area contributed by atoms with Crippen LogP contribution in [0.3, 0.4) is 0 Å². The fraction of sp³-hybridized carbons (Fsp3) is 0.769. The molecule has 7 atom stereocenters. The monoisotopic (exact) mass is 300 g/mol. The molecular formula is C13H23BO3P2. The summed E-state index contributed by atoms with van der Waals surface area (Å²) in [4.78, 5) is 11.4. The Morgan fingerprint density at radius 1 is 1.58 bits per heavy atom. The Morgan fingerprint density at radius 3 is 2.95 bits per heavy atom. The summed E-state index contributed by atoms with van der Waals surface area (Å²) in [5, 5.41) is 0. The third-order valence-electron chi connectivity index (χ3n) is 4.19. The molecule has 1 heterocycles. The molecule has 106 valence electrons. The van der Waals surface area contributed by atoms with Gasteiger partial charge in [0, 0.05) is 18.3 Å². The smallest absolute Gasteiger partial charge is 0.336 e. The summed E-state index contributed by atoms with van der Waals surface area (Å²) < 4.78 is 11.3. The van der Waals surface area contributed by atoms with Gasteiger partial charge in [0.25, 0.3) is 0 Å². The molecule has 3 nitrogen and oxygen atoms in total. The van der Waals surface area contributed by atoms with E-state index in [0.29, 0.717) is 24.2 Å². The molecule has 6 heteroatoms. The average molecular weight is 300 g/mol. The lowest BCUT2D eigenvalue weighted by Crippen LogP contribution is -2.24. The molecule has 1 saturated heterocycles. The highest BCUT2D eigenvalue weighted by molar-refractivity contribution is 7.92. The van der Waals surface area contributed by atoms with Crippen LogP contribution in [0.25, 0.3) is 0 Å². The molecule has 1 saturated carbocycles. The molecule has 1 aliphatic carbocycles. The van der Waals surface area contributed by atoms with Gasteiger partial charge in [0.15, 0.2) is 0 Å². The highest BCUT2D eigenvalue weighted by atomic mass is 31.1. The summed E-state index contributed by atoms with van der Waals surface area (Å²) in [7, 11) is 5.28. The fourth-order valence-electron chi connectivity index (χ4n) is 2.97. The molecule has 1 aliphatic heterocycles. The van der Waals surface area contributed by atoms with E-state index < -0.39 is 0 Å². The Labute approximate surface area is 120 Å². The lowest BCUT2D eigenvalue weighted by molar-refractivity contribution is -0.141. The summed E-state index contributed by atoms with van der Waals surface area (Å²) in [5.74, 6) is 1.12. The Kier molecular flexibility index (Phi) is 5.46. The van der Waals surface area contributed by atoms with Gasteiger partial charge in [-0.2, -0.15) is 0 Å². The lowest BCUT2D eigenvalue weighted by atomic mass is 9.90. The fourth-order valence-corrected chi connectivity index (χ4v) is 3.37. The van der Waals surface area contributed by atoms with Crippen LogP contribution >= 0.6 is 18.2 Å². The predicted octanol–water partition coefficient (Wildman–Crippen LogP) is 2.66. The van der Waals surface area contributed by atoms with Gasteiger partial charge >= 0.3 is 12.3 Å². The molecule has 0 aromatic carbocycles. The number of hydrogen-bond donors (Lipinski definition) is 0. The number of carbonyl (C=O) groups is 1. The van der Waals surface area contributed by atoms with Crippen molar-refractivity contribution in [1.29, 1.82) is 0 Å². The van der Waals surface area contributed by atoms with Crippen LogP contribution in [0.1, 0.15) is 33.1 Å². The largest absolute Gasteiger partial charge is 0.462 e. The van der Waals surface area contributed by atoms with Gasteiger partial charge in [0.1, 0.15) is 6.10 Å². The summed E-state index contributed by atoms with van der Waals surface area (Å²) in [6, 6.07) is 0. The number of fused-ring (bicyclic) bond motifs is 1. The SMILES string of the molecule is CC[C@@H](C)/C=C/[C@@H]1[C@H]2CC(=O)O[C@H]2C[C@H]1OB(P)P. The summed E-state index contributed by atoms with van der Waals surface area (Å²) in [6.07, 6.45) is 7.27. The quantitative estimate of drug-likeness (QED) is 0.339. The van der Waals surface area contributed by atoms with Gasteiger partial charge in [-0.3, -0.25) is 4.79 Å². The molecule has 2 unspecified atom stereocenters. The Hall–Kier alpha value is 0.0949. The van der Waals surface area contributed by atoms with Crippen molar-refractivity contribution in [3.63, 3.8) is 0 Å². The third kappa shape index (κ3) is 3.81. The van der Waals surface area contributed by atoms with Gasteiger partial charge in [-0.15, -0.1) is 18.2 Å². The summed E-state index contributed by atoms with van der Waals surface area (Å²) in [6.45, 7) is 4.40. The van der Waals surface area contributed by atoms with E-state index in [1.807, 2.05) is 0 Å². The van der Waals surface area contributed by atoms with Crippen LogP contribution in [0.5, 0.6) is 0 Å². The zero-order chi connectivity index (χ0) is 14.0.